The Morgan fingerprint density at radius 1 is 1.14 bits per heavy atom. The molecule has 0 saturated heterocycles. The summed E-state index contributed by atoms with van der Waals surface area (Å²) in [6.07, 6.45) is 7.93. The molecule has 1 N–H and O–H groups in total. The zero-order valence-electron chi connectivity index (χ0n) is 12.6. The Morgan fingerprint density at radius 3 is 2.71 bits per heavy atom. The Hall–Kier alpha value is -1.68. The third-order valence-electron chi connectivity index (χ3n) is 4.13. The molecule has 4 heteroatoms. The third kappa shape index (κ3) is 3.91. The van der Waals surface area contributed by atoms with Gasteiger partial charge in [-0.05, 0) is 31.9 Å². The second-order valence-corrected chi connectivity index (χ2v) is 5.94. The number of nitrogens with one attached hydrogen (secondary N) is 1. The zero-order chi connectivity index (χ0) is 14.5. The highest BCUT2D eigenvalue weighted by Gasteiger charge is 2.14. The molecule has 0 radical (unpaired) electrons. The van der Waals surface area contributed by atoms with Gasteiger partial charge in [-0.15, -0.1) is 10.2 Å². The average molecular weight is 285 g/mol. The summed E-state index contributed by atoms with van der Waals surface area (Å²) in [5.74, 6) is 1.28. The molecule has 2 aromatic rings. The number of hydrogen-bond acceptors (Lipinski definition) is 4. The van der Waals surface area contributed by atoms with Gasteiger partial charge in [0, 0.05) is 11.6 Å². The molecule has 0 bridgehead atoms. The fourth-order valence-electron chi connectivity index (χ4n) is 2.93. The van der Waals surface area contributed by atoms with Crippen LogP contribution in [-0.2, 0) is 6.54 Å². The van der Waals surface area contributed by atoms with Crippen LogP contribution in [0, 0.1) is 6.92 Å². The minimum absolute atomic E-state index is 0.599. The average Bonchev–Trinajstić information content (AvgIpc) is 2.81. The van der Waals surface area contributed by atoms with E-state index in [-0.39, 0.29) is 0 Å². The van der Waals surface area contributed by atoms with E-state index in [1.165, 1.54) is 44.1 Å². The number of rotatable bonds is 4. The van der Waals surface area contributed by atoms with Crippen LogP contribution in [0.3, 0.4) is 0 Å². The number of aryl methyl sites for hydroxylation is 1. The van der Waals surface area contributed by atoms with Crippen molar-refractivity contribution in [2.45, 2.75) is 58.0 Å². The molecule has 1 fully saturated rings. The molecule has 1 aliphatic rings. The summed E-state index contributed by atoms with van der Waals surface area (Å²) in [7, 11) is 0. The van der Waals surface area contributed by atoms with E-state index >= 15 is 0 Å². The first-order valence-corrected chi connectivity index (χ1v) is 7.94. The first-order valence-electron chi connectivity index (χ1n) is 7.94. The van der Waals surface area contributed by atoms with E-state index in [1.807, 2.05) is 12.1 Å². The second-order valence-electron chi connectivity index (χ2n) is 5.94. The summed E-state index contributed by atoms with van der Waals surface area (Å²) in [5.41, 5.74) is 2.19. The predicted octanol–water partition coefficient (Wildman–Crippen LogP) is 3.86. The molecule has 21 heavy (non-hydrogen) atoms. The molecule has 112 valence electrons. The minimum atomic E-state index is 0.599. The van der Waals surface area contributed by atoms with Crippen molar-refractivity contribution in [2.24, 2.45) is 0 Å². The molecular weight excluding hydrogens is 262 g/mol. The van der Waals surface area contributed by atoms with Gasteiger partial charge in [-0.2, -0.15) is 0 Å². The van der Waals surface area contributed by atoms with Crippen molar-refractivity contribution in [3.05, 3.63) is 35.7 Å². The van der Waals surface area contributed by atoms with Crippen LogP contribution in [0.2, 0.25) is 0 Å². The highest BCUT2D eigenvalue weighted by molar-refractivity contribution is 5.53. The van der Waals surface area contributed by atoms with Gasteiger partial charge in [0.1, 0.15) is 0 Å². The standard InChI is InChI=1S/C17H23N3O/c1-13-7-6-8-14(11-13)17-20-19-16(21-17)12-18-15-9-4-2-3-5-10-15/h6-8,11,15,18H,2-5,9-10,12H2,1H3. The van der Waals surface area contributed by atoms with Crippen LogP contribution >= 0.6 is 0 Å². The van der Waals surface area contributed by atoms with E-state index in [2.05, 4.69) is 34.6 Å². The largest absolute Gasteiger partial charge is 0.419 e. The van der Waals surface area contributed by atoms with Gasteiger partial charge in [-0.3, -0.25) is 0 Å². The minimum Gasteiger partial charge on any atom is -0.419 e. The Balaban J connectivity index is 1.60. The third-order valence-corrected chi connectivity index (χ3v) is 4.13. The summed E-state index contributed by atoms with van der Waals surface area (Å²) in [6.45, 7) is 2.73. The molecule has 0 spiro atoms. The van der Waals surface area contributed by atoms with Gasteiger partial charge in [-0.1, -0.05) is 43.4 Å². The van der Waals surface area contributed by atoms with Gasteiger partial charge < -0.3 is 9.73 Å². The predicted molar refractivity (Wildman–Crippen MR) is 82.8 cm³/mol. The number of nitrogens with zero attached hydrogens (tertiary/aromatic N) is 2. The Labute approximate surface area is 126 Å². The van der Waals surface area contributed by atoms with Crippen molar-refractivity contribution in [1.82, 2.24) is 15.5 Å². The molecule has 1 saturated carbocycles. The van der Waals surface area contributed by atoms with Crippen LogP contribution in [-0.4, -0.2) is 16.2 Å². The van der Waals surface area contributed by atoms with Gasteiger partial charge >= 0.3 is 0 Å². The molecular formula is C17H23N3O. The SMILES string of the molecule is Cc1cccc(-c2nnc(CNC3CCCCCC3)o2)c1. The molecule has 1 heterocycles. The first kappa shape index (κ1) is 14.3. The summed E-state index contributed by atoms with van der Waals surface area (Å²) >= 11 is 0. The van der Waals surface area contributed by atoms with E-state index in [1.54, 1.807) is 0 Å². The van der Waals surface area contributed by atoms with Crippen molar-refractivity contribution in [1.29, 1.82) is 0 Å². The Kier molecular flexibility index (Phi) is 4.65. The van der Waals surface area contributed by atoms with Crippen molar-refractivity contribution in [2.75, 3.05) is 0 Å². The van der Waals surface area contributed by atoms with Crippen LogP contribution in [0.15, 0.2) is 28.7 Å². The van der Waals surface area contributed by atoms with Gasteiger partial charge in [-0.25, -0.2) is 0 Å². The van der Waals surface area contributed by atoms with E-state index in [0.29, 0.717) is 24.4 Å². The molecule has 0 atom stereocenters. The van der Waals surface area contributed by atoms with Crippen molar-refractivity contribution >= 4 is 0 Å². The topological polar surface area (TPSA) is 51.0 Å². The highest BCUT2D eigenvalue weighted by atomic mass is 16.4. The fourth-order valence-corrected chi connectivity index (χ4v) is 2.93. The maximum Gasteiger partial charge on any atom is 0.247 e. The normalized spacial score (nSPS) is 16.8. The Bertz CT molecular complexity index is 571. The monoisotopic (exact) mass is 285 g/mol. The maximum atomic E-state index is 5.76. The zero-order valence-corrected chi connectivity index (χ0v) is 12.6. The lowest BCUT2D eigenvalue weighted by molar-refractivity contribution is 0.411. The molecule has 1 aromatic heterocycles. The summed E-state index contributed by atoms with van der Waals surface area (Å²) in [6, 6.07) is 8.74. The summed E-state index contributed by atoms with van der Waals surface area (Å²) in [4.78, 5) is 0. The lowest BCUT2D eigenvalue weighted by atomic mass is 10.1. The summed E-state index contributed by atoms with van der Waals surface area (Å²) in [5, 5.41) is 11.9. The molecule has 1 aliphatic carbocycles. The molecule has 3 rings (SSSR count). The molecule has 0 amide bonds. The Morgan fingerprint density at radius 2 is 1.95 bits per heavy atom. The van der Waals surface area contributed by atoms with Crippen molar-refractivity contribution in [3.63, 3.8) is 0 Å². The summed E-state index contributed by atoms with van der Waals surface area (Å²) < 4.78 is 5.76. The van der Waals surface area contributed by atoms with Gasteiger partial charge in [0.05, 0.1) is 6.54 Å². The van der Waals surface area contributed by atoms with Crippen LogP contribution in [0.5, 0.6) is 0 Å². The molecule has 0 unspecified atom stereocenters. The van der Waals surface area contributed by atoms with Crippen molar-refractivity contribution in [3.8, 4) is 11.5 Å². The first-order chi connectivity index (χ1) is 10.3. The molecule has 1 aromatic carbocycles. The van der Waals surface area contributed by atoms with E-state index < -0.39 is 0 Å². The van der Waals surface area contributed by atoms with E-state index in [9.17, 15) is 0 Å². The second kappa shape index (κ2) is 6.85. The number of benzene rings is 1. The quantitative estimate of drug-likeness (QED) is 0.867. The number of hydrogen-bond donors (Lipinski definition) is 1. The van der Waals surface area contributed by atoms with Gasteiger partial charge in [0.15, 0.2) is 0 Å². The van der Waals surface area contributed by atoms with Crippen LogP contribution in [0.4, 0.5) is 0 Å². The maximum absolute atomic E-state index is 5.76. The van der Waals surface area contributed by atoms with Crippen molar-refractivity contribution < 1.29 is 4.42 Å². The smallest absolute Gasteiger partial charge is 0.247 e. The van der Waals surface area contributed by atoms with Gasteiger partial charge in [0.25, 0.3) is 0 Å². The lowest BCUT2D eigenvalue weighted by Crippen LogP contribution is -2.27. The van der Waals surface area contributed by atoms with Crippen LogP contribution < -0.4 is 5.32 Å². The van der Waals surface area contributed by atoms with Crippen LogP contribution in [0.25, 0.3) is 11.5 Å². The fraction of sp³-hybridized carbons (Fsp3) is 0.529. The molecule has 4 nitrogen and oxygen atoms in total. The lowest BCUT2D eigenvalue weighted by Gasteiger charge is -2.14. The van der Waals surface area contributed by atoms with E-state index in [4.69, 9.17) is 4.42 Å². The van der Waals surface area contributed by atoms with Gasteiger partial charge in [0.2, 0.25) is 11.8 Å². The van der Waals surface area contributed by atoms with E-state index in [0.717, 1.165) is 5.56 Å². The highest BCUT2D eigenvalue weighted by Crippen LogP contribution is 2.20. The molecule has 0 aliphatic heterocycles. The van der Waals surface area contributed by atoms with Crippen LogP contribution in [0.1, 0.15) is 50.0 Å². The number of aromatic nitrogens is 2.